The molecule has 224 valence electrons. The number of ether oxygens (including phenoxy) is 5. The number of rotatable bonds is 16. The summed E-state index contributed by atoms with van der Waals surface area (Å²) in [5.41, 5.74) is 4.24. The van der Waals surface area contributed by atoms with Gasteiger partial charge in [0.1, 0.15) is 30.7 Å². The first-order chi connectivity index (χ1) is 21.3. The van der Waals surface area contributed by atoms with Crippen molar-refractivity contribution in [3.8, 4) is 0 Å². The summed E-state index contributed by atoms with van der Waals surface area (Å²) in [6.07, 6.45) is -0.427. The first-order valence-electron chi connectivity index (χ1n) is 15.0. The molecule has 0 aromatic heterocycles. The van der Waals surface area contributed by atoms with E-state index in [2.05, 4.69) is 0 Å². The van der Waals surface area contributed by atoms with Crippen molar-refractivity contribution in [2.45, 2.75) is 69.8 Å². The minimum absolute atomic E-state index is 0.308. The van der Waals surface area contributed by atoms with Crippen LogP contribution in [-0.2, 0) is 54.9 Å². The normalized spacial score (nSPS) is 21.8. The van der Waals surface area contributed by atoms with Crippen LogP contribution in [0.4, 0.5) is 0 Å². The van der Waals surface area contributed by atoms with E-state index in [0.717, 1.165) is 28.5 Å². The summed E-state index contributed by atoms with van der Waals surface area (Å²) in [7, 11) is 0. The van der Waals surface area contributed by atoms with Crippen molar-refractivity contribution in [3.63, 3.8) is 0 Å². The lowest BCUT2D eigenvalue weighted by Crippen LogP contribution is -2.61. The molecule has 1 fully saturated rings. The van der Waals surface area contributed by atoms with E-state index in [4.69, 9.17) is 23.7 Å². The number of benzene rings is 4. The minimum Gasteiger partial charge on any atom is -0.374 e. The first kappa shape index (κ1) is 30.8. The van der Waals surface area contributed by atoms with Gasteiger partial charge >= 0.3 is 0 Å². The molecule has 6 heteroatoms. The van der Waals surface area contributed by atoms with Gasteiger partial charge in [0.15, 0.2) is 0 Å². The van der Waals surface area contributed by atoms with Gasteiger partial charge in [-0.05, 0) is 28.7 Å². The molecule has 0 aliphatic carbocycles. The topological polar surface area (TPSA) is 63.2 Å². The maximum absolute atomic E-state index is 11.5. The summed E-state index contributed by atoms with van der Waals surface area (Å²) in [5.74, 6) is 0. The Balaban J connectivity index is 1.41. The predicted octanol–water partition coefficient (Wildman–Crippen LogP) is 6.71. The highest BCUT2D eigenvalue weighted by molar-refractivity contribution is 5.49. The van der Waals surface area contributed by atoms with Gasteiger partial charge in [0.25, 0.3) is 0 Å². The summed E-state index contributed by atoms with van der Waals surface area (Å²) in [6.45, 7) is 1.93. The standard InChI is InChI=1S/C37H40O6/c38-23-13-22-33-35(40-25-30-16-7-2-8-17-30)37(42-27-32-20-11-4-12-21-32)36(41-26-31-18-9-3-10-19-31)34(43-33)28-39-24-29-14-5-1-6-15-29/h1-12,14-21,23,33-37H,13,22,24-28H2/t33-,34?,35?,36+,37-/m1/s1. The van der Waals surface area contributed by atoms with Crippen molar-refractivity contribution >= 4 is 6.29 Å². The predicted molar refractivity (Wildman–Crippen MR) is 165 cm³/mol. The molecule has 0 amide bonds. The zero-order valence-electron chi connectivity index (χ0n) is 24.4. The van der Waals surface area contributed by atoms with Gasteiger partial charge in [-0.2, -0.15) is 0 Å². The Morgan fingerprint density at radius 3 is 1.35 bits per heavy atom. The maximum atomic E-state index is 11.5. The fourth-order valence-corrected chi connectivity index (χ4v) is 5.35. The monoisotopic (exact) mass is 580 g/mol. The third-order valence-electron chi connectivity index (χ3n) is 7.55. The van der Waals surface area contributed by atoms with Crippen LogP contribution >= 0.6 is 0 Å². The Bertz CT molecular complexity index is 1320. The van der Waals surface area contributed by atoms with Crippen molar-refractivity contribution in [1.29, 1.82) is 0 Å². The van der Waals surface area contributed by atoms with Crippen molar-refractivity contribution in [2.75, 3.05) is 6.61 Å². The zero-order valence-corrected chi connectivity index (χ0v) is 24.4. The number of hydrogen-bond acceptors (Lipinski definition) is 6. The highest BCUT2D eigenvalue weighted by Crippen LogP contribution is 2.32. The van der Waals surface area contributed by atoms with Crippen molar-refractivity contribution in [2.24, 2.45) is 0 Å². The molecule has 0 saturated carbocycles. The summed E-state index contributed by atoms with van der Waals surface area (Å²) in [6, 6.07) is 40.3. The highest BCUT2D eigenvalue weighted by atomic mass is 16.6. The molecule has 1 saturated heterocycles. The molecule has 5 rings (SSSR count). The number of hydrogen-bond donors (Lipinski definition) is 0. The van der Waals surface area contributed by atoms with E-state index in [1.165, 1.54) is 0 Å². The zero-order chi connectivity index (χ0) is 29.5. The van der Waals surface area contributed by atoms with Gasteiger partial charge in [-0.15, -0.1) is 0 Å². The molecule has 4 aromatic carbocycles. The molecule has 1 aliphatic rings. The van der Waals surface area contributed by atoms with Crippen LogP contribution in [-0.4, -0.2) is 43.4 Å². The van der Waals surface area contributed by atoms with Crippen molar-refractivity contribution < 1.29 is 28.5 Å². The number of carbonyl (C=O) groups is 1. The summed E-state index contributed by atoms with van der Waals surface area (Å²) < 4.78 is 32.8. The molecule has 1 aliphatic heterocycles. The average Bonchev–Trinajstić information content (AvgIpc) is 3.07. The maximum Gasteiger partial charge on any atom is 0.120 e. The summed E-state index contributed by atoms with van der Waals surface area (Å²) in [4.78, 5) is 11.5. The van der Waals surface area contributed by atoms with Crippen LogP contribution in [0.2, 0.25) is 0 Å². The lowest BCUT2D eigenvalue weighted by Gasteiger charge is -2.46. The molecule has 0 bridgehead atoms. The smallest absolute Gasteiger partial charge is 0.120 e. The second kappa shape index (κ2) is 16.8. The molecule has 0 radical (unpaired) electrons. The molecule has 43 heavy (non-hydrogen) atoms. The molecule has 1 heterocycles. The number of aldehydes is 1. The van der Waals surface area contributed by atoms with Gasteiger partial charge in [-0.1, -0.05) is 121 Å². The molecular formula is C37H40O6. The van der Waals surface area contributed by atoms with Gasteiger partial charge < -0.3 is 28.5 Å². The largest absolute Gasteiger partial charge is 0.374 e. The van der Waals surface area contributed by atoms with Crippen molar-refractivity contribution in [3.05, 3.63) is 144 Å². The second-order valence-electron chi connectivity index (χ2n) is 10.7. The second-order valence-corrected chi connectivity index (χ2v) is 10.7. The molecule has 0 spiro atoms. The van der Waals surface area contributed by atoms with E-state index in [-0.39, 0.29) is 6.10 Å². The van der Waals surface area contributed by atoms with Gasteiger partial charge in [0.05, 0.1) is 39.1 Å². The van der Waals surface area contributed by atoms with Crippen LogP contribution in [0, 0.1) is 0 Å². The van der Waals surface area contributed by atoms with Gasteiger partial charge in [0, 0.05) is 6.42 Å². The van der Waals surface area contributed by atoms with Gasteiger partial charge in [0.2, 0.25) is 0 Å². The van der Waals surface area contributed by atoms with Crippen LogP contribution in [0.25, 0.3) is 0 Å². The van der Waals surface area contributed by atoms with Gasteiger partial charge in [-0.3, -0.25) is 0 Å². The number of carbonyl (C=O) groups excluding carboxylic acids is 1. The van der Waals surface area contributed by atoms with E-state index < -0.39 is 24.4 Å². The molecule has 0 N–H and O–H groups in total. The SMILES string of the molecule is O=CCC[C@H]1OC(COCc2ccccc2)[C@H](OCc2ccccc2)[C@H](OCc2ccccc2)C1OCc1ccccc1. The van der Waals surface area contributed by atoms with Crippen LogP contribution in [0.15, 0.2) is 121 Å². The van der Waals surface area contributed by atoms with Crippen molar-refractivity contribution in [1.82, 2.24) is 0 Å². The minimum atomic E-state index is -0.479. The Kier molecular flexibility index (Phi) is 12.1. The van der Waals surface area contributed by atoms with Crippen LogP contribution in [0.5, 0.6) is 0 Å². The third-order valence-corrected chi connectivity index (χ3v) is 7.55. The fourth-order valence-electron chi connectivity index (χ4n) is 5.35. The lowest BCUT2D eigenvalue weighted by molar-refractivity contribution is -0.273. The Morgan fingerprint density at radius 1 is 0.512 bits per heavy atom. The molecule has 6 nitrogen and oxygen atoms in total. The summed E-state index contributed by atoms with van der Waals surface area (Å²) in [5, 5.41) is 0. The lowest BCUT2D eigenvalue weighted by atomic mass is 9.92. The average molecular weight is 581 g/mol. The van der Waals surface area contributed by atoms with Crippen LogP contribution < -0.4 is 0 Å². The van der Waals surface area contributed by atoms with E-state index in [1.54, 1.807) is 0 Å². The van der Waals surface area contributed by atoms with Gasteiger partial charge in [-0.25, -0.2) is 0 Å². The Labute approximate surface area is 254 Å². The van der Waals surface area contributed by atoms with E-state index in [1.807, 2.05) is 121 Å². The molecule has 4 aromatic rings. The van der Waals surface area contributed by atoms with Crippen LogP contribution in [0.1, 0.15) is 35.1 Å². The van der Waals surface area contributed by atoms with Crippen LogP contribution in [0.3, 0.4) is 0 Å². The fraction of sp³-hybridized carbons (Fsp3) is 0.324. The molecular weight excluding hydrogens is 540 g/mol. The molecule has 5 atom stereocenters. The third kappa shape index (κ3) is 9.42. The van der Waals surface area contributed by atoms with E-state index >= 15 is 0 Å². The molecule has 2 unspecified atom stereocenters. The quantitative estimate of drug-likeness (QED) is 0.137. The van der Waals surface area contributed by atoms with E-state index in [9.17, 15) is 4.79 Å². The highest BCUT2D eigenvalue weighted by Gasteiger charge is 2.48. The Morgan fingerprint density at radius 2 is 0.907 bits per heavy atom. The Hall–Kier alpha value is -3.65. The van der Waals surface area contributed by atoms with E-state index in [0.29, 0.717) is 45.9 Å². The first-order valence-corrected chi connectivity index (χ1v) is 15.0. The summed E-state index contributed by atoms with van der Waals surface area (Å²) >= 11 is 0.